The predicted molar refractivity (Wildman–Crippen MR) is 99.7 cm³/mol. The molecule has 0 aromatic heterocycles. The second-order valence-corrected chi connectivity index (χ2v) is 6.56. The van der Waals surface area contributed by atoms with E-state index in [2.05, 4.69) is 5.32 Å². The Morgan fingerprint density at radius 1 is 1.07 bits per heavy atom. The number of hydrogen-bond acceptors (Lipinski definition) is 3. The van der Waals surface area contributed by atoms with E-state index in [0.29, 0.717) is 36.3 Å². The number of carboxylic acids is 1. The smallest absolute Gasteiger partial charge is 0.416 e. The zero-order chi connectivity index (χ0) is 21.0. The lowest BCUT2D eigenvalue weighted by Gasteiger charge is -2.16. The third-order valence-corrected chi connectivity index (χ3v) is 4.42. The summed E-state index contributed by atoms with van der Waals surface area (Å²) in [4.78, 5) is 23.3. The number of carboxylic acid groups (broad SMARTS) is 1. The average Bonchev–Trinajstić information content (AvgIpc) is 2.66. The van der Waals surface area contributed by atoms with E-state index in [9.17, 15) is 27.9 Å². The molecule has 0 radical (unpaired) electrons. The van der Waals surface area contributed by atoms with Crippen LogP contribution in [0.2, 0.25) is 0 Å². The van der Waals surface area contributed by atoms with Crippen LogP contribution in [0.3, 0.4) is 0 Å². The lowest BCUT2D eigenvalue weighted by Crippen LogP contribution is -2.14. The van der Waals surface area contributed by atoms with Gasteiger partial charge in [-0.25, -0.2) is 4.79 Å². The molecule has 0 aliphatic carbocycles. The second-order valence-electron chi connectivity index (χ2n) is 6.56. The van der Waals surface area contributed by atoms with E-state index in [0.717, 1.165) is 12.1 Å². The van der Waals surface area contributed by atoms with E-state index in [1.54, 1.807) is 6.08 Å². The number of anilines is 1. The number of allylic oxidation sites excluding steroid dienone is 2. The Bertz CT molecular complexity index is 967. The summed E-state index contributed by atoms with van der Waals surface area (Å²) in [7, 11) is 0. The van der Waals surface area contributed by atoms with Crippen molar-refractivity contribution in [1.82, 2.24) is 0 Å². The number of hydrogen-bond donors (Lipinski definition) is 2. The number of alkyl halides is 3. The number of amides is 1. The van der Waals surface area contributed by atoms with E-state index in [-0.39, 0.29) is 23.6 Å². The molecule has 1 aliphatic heterocycles. The monoisotopic (exact) mass is 405 g/mol. The summed E-state index contributed by atoms with van der Waals surface area (Å²) in [6.45, 7) is 0. The molecule has 0 atom stereocenters. The van der Waals surface area contributed by atoms with Gasteiger partial charge in [-0.3, -0.25) is 4.79 Å². The number of carbonyl (C=O) groups is 2. The molecule has 0 bridgehead atoms. The molecule has 0 saturated heterocycles. The van der Waals surface area contributed by atoms with Gasteiger partial charge in [0.05, 0.1) is 11.1 Å². The highest BCUT2D eigenvalue weighted by Crippen LogP contribution is 2.32. The maximum absolute atomic E-state index is 12.9. The fourth-order valence-corrected chi connectivity index (χ4v) is 2.97. The van der Waals surface area contributed by atoms with Gasteiger partial charge in [-0.15, -0.1) is 0 Å². The Hall–Kier alpha value is -3.29. The molecule has 1 heterocycles. The van der Waals surface area contributed by atoms with Crippen molar-refractivity contribution in [2.45, 2.75) is 31.9 Å². The highest BCUT2D eigenvalue weighted by atomic mass is 19.4. The van der Waals surface area contributed by atoms with Crippen molar-refractivity contribution in [3.63, 3.8) is 0 Å². The molecular weight excluding hydrogens is 387 g/mol. The number of aromatic carboxylic acids is 1. The molecule has 8 heteroatoms. The number of rotatable bonds is 3. The Morgan fingerprint density at radius 2 is 1.86 bits per heavy atom. The van der Waals surface area contributed by atoms with Crippen LogP contribution in [0.1, 0.15) is 40.7 Å². The van der Waals surface area contributed by atoms with Crippen molar-refractivity contribution in [1.29, 1.82) is 0 Å². The first-order chi connectivity index (χ1) is 13.7. The van der Waals surface area contributed by atoms with Crippen molar-refractivity contribution in [3.8, 4) is 5.75 Å². The zero-order valence-electron chi connectivity index (χ0n) is 15.3. The quantitative estimate of drug-likeness (QED) is 0.751. The fraction of sp³-hybridized carbons (Fsp3) is 0.238. The van der Waals surface area contributed by atoms with Crippen LogP contribution in [-0.2, 0) is 17.4 Å². The Balaban J connectivity index is 1.85. The van der Waals surface area contributed by atoms with E-state index in [1.165, 1.54) is 30.3 Å². The minimum Gasteiger partial charge on any atom is -0.478 e. The normalized spacial score (nSPS) is 15.0. The van der Waals surface area contributed by atoms with Gasteiger partial charge in [-0.2, -0.15) is 13.2 Å². The van der Waals surface area contributed by atoms with Gasteiger partial charge in [0, 0.05) is 18.5 Å². The SMILES string of the molecule is O=C1CCC=C(Oc2cccc(C(F)(F)F)c2)CCc2cc(C(=O)O)ccc2N1. The molecular formula is C21H18F3NO4. The van der Waals surface area contributed by atoms with Crippen LogP contribution in [-0.4, -0.2) is 17.0 Å². The standard InChI is InChI=1S/C21H18F3NO4/c22-21(23,24)15-3-1-5-17(12-15)29-16-4-2-6-19(26)25-18-10-8-14(20(27)28)11-13(18)7-9-16/h1,3-5,8,10-12H,2,6-7,9H2,(H,25,26)(H,27,28). The molecule has 1 aliphatic rings. The van der Waals surface area contributed by atoms with Crippen LogP contribution in [0.5, 0.6) is 5.75 Å². The van der Waals surface area contributed by atoms with Crippen molar-refractivity contribution in [2.75, 3.05) is 5.32 Å². The second kappa shape index (κ2) is 8.38. The Labute approximate surface area is 164 Å². The molecule has 0 unspecified atom stereocenters. The van der Waals surface area contributed by atoms with Gasteiger partial charge in [-0.1, -0.05) is 6.07 Å². The number of nitrogens with one attached hydrogen (secondary N) is 1. The van der Waals surface area contributed by atoms with Crippen molar-refractivity contribution >= 4 is 17.6 Å². The summed E-state index contributed by atoms with van der Waals surface area (Å²) in [5.41, 5.74) is 0.393. The van der Waals surface area contributed by atoms with Gasteiger partial charge in [-0.05, 0) is 60.9 Å². The fourth-order valence-electron chi connectivity index (χ4n) is 2.97. The van der Waals surface area contributed by atoms with E-state index < -0.39 is 17.7 Å². The van der Waals surface area contributed by atoms with Gasteiger partial charge in [0.15, 0.2) is 0 Å². The topological polar surface area (TPSA) is 75.6 Å². The first-order valence-electron chi connectivity index (χ1n) is 8.92. The van der Waals surface area contributed by atoms with Crippen LogP contribution in [0, 0.1) is 0 Å². The molecule has 2 N–H and O–H groups in total. The van der Waals surface area contributed by atoms with Gasteiger partial charge < -0.3 is 15.2 Å². The molecule has 2 aromatic rings. The van der Waals surface area contributed by atoms with Crippen LogP contribution in [0.15, 0.2) is 54.3 Å². The maximum Gasteiger partial charge on any atom is 0.416 e. The molecule has 3 rings (SSSR count). The summed E-state index contributed by atoms with van der Waals surface area (Å²) in [5, 5.41) is 11.9. The highest BCUT2D eigenvalue weighted by Gasteiger charge is 2.30. The van der Waals surface area contributed by atoms with Gasteiger partial charge in [0.1, 0.15) is 11.5 Å². The molecule has 2 aromatic carbocycles. The van der Waals surface area contributed by atoms with Gasteiger partial charge >= 0.3 is 12.1 Å². The van der Waals surface area contributed by atoms with Crippen LogP contribution in [0.4, 0.5) is 18.9 Å². The molecule has 0 fully saturated rings. The van der Waals surface area contributed by atoms with Crippen molar-refractivity contribution < 1.29 is 32.6 Å². The zero-order valence-corrected chi connectivity index (χ0v) is 15.3. The van der Waals surface area contributed by atoms with Crippen LogP contribution in [0.25, 0.3) is 0 Å². The average molecular weight is 405 g/mol. The first kappa shape index (κ1) is 20.4. The molecule has 1 amide bonds. The lowest BCUT2D eigenvalue weighted by atomic mass is 10.0. The number of benzene rings is 2. The highest BCUT2D eigenvalue weighted by molar-refractivity contribution is 5.93. The number of ether oxygens (including phenoxy) is 1. The Morgan fingerprint density at radius 3 is 2.59 bits per heavy atom. The molecule has 152 valence electrons. The number of aryl methyl sites for hydroxylation is 1. The summed E-state index contributed by atoms with van der Waals surface area (Å²) in [6.07, 6.45) is -1.60. The summed E-state index contributed by atoms with van der Waals surface area (Å²) >= 11 is 0. The van der Waals surface area contributed by atoms with Crippen LogP contribution >= 0.6 is 0 Å². The van der Waals surface area contributed by atoms with Crippen molar-refractivity contribution in [3.05, 3.63) is 71.0 Å². The van der Waals surface area contributed by atoms with E-state index in [4.69, 9.17) is 4.74 Å². The summed E-state index contributed by atoms with van der Waals surface area (Å²) in [6, 6.07) is 8.99. The number of carbonyl (C=O) groups excluding carboxylic acids is 1. The summed E-state index contributed by atoms with van der Waals surface area (Å²) < 4.78 is 44.4. The van der Waals surface area contributed by atoms with Gasteiger partial charge in [0.2, 0.25) is 5.91 Å². The van der Waals surface area contributed by atoms with Gasteiger partial charge in [0.25, 0.3) is 0 Å². The minimum atomic E-state index is -4.48. The first-order valence-corrected chi connectivity index (χ1v) is 8.92. The molecule has 5 nitrogen and oxygen atoms in total. The largest absolute Gasteiger partial charge is 0.478 e. The maximum atomic E-state index is 12.9. The minimum absolute atomic E-state index is 0.0482. The van der Waals surface area contributed by atoms with Crippen LogP contribution < -0.4 is 10.1 Å². The third kappa shape index (κ3) is 5.37. The third-order valence-electron chi connectivity index (χ3n) is 4.42. The Kier molecular flexibility index (Phi) is 5.91. The molecule has 29 heavy (non-hydrogen) atoms. The number of halogens is 3. The van der Waals surface area contributed by atoms with E-state index in [1.807, 2.05) is 0 Å². The van der Waals surface area contributed by atoms with Crippen molar-refractivity contribution in [2.24, 2.45) is 0 Å². The predicted octanol–water partition coefficient (Wildman–Crippen LogP) is 5.03. The molecule has 0 spiro atoms. The molecule has 0 saturated carbocycles. The summed E-state index contributed by atoms with van der Waals surface area (Å²) in [5.74, 6) is -0.865. The number of fused-ring (bicyclic) bond motifs is 1. The lowest BCUT2D eigenvalue weighted by molar-refractivity contribution is -0.137. The van der Waals surface area contributed by atoms with E-state index >= 15 is 0 Å².